The first-order chi connectivity index (χ1) is 9.17. The van der Waals surface area contributed by atoms with Gasteiger partial charge in [0.05, 0.1) is 5.02 Å². The highest BCUT2D eigenvalue weighted by atomic mass is 35.5. The van der Waals surface area contributed by atoms with Crippen LogP contribution >= 0.6 is 11.6 Å². The molecule has 0 aromatic heterocycles. The summed E-state index contributed by atoms with van der Waals surface area (Å²) in [6, 6.07) is 5.55. The van der Waals surface area contributed by atoms with Gasteiger partial charge in [-0.2, -0.15) is 0 Å². The van der Waals surface area contributed by atoms with Gasteiger partial charge in [0.2, 0.25) is 0 Å². The lowest BCUT2D eigenvalue weighted by Gasteiger charge is -2.18. The number of hydrogen-bond donors (Lipinski definition) is 1. The summed E-state index contributed by atoms with van der Waals surface area (Å²) in [7, 11) is 0. The normalized spacial score (nSPS) is 12.6. The van der Waals surface area contributed by atoms with E-state index in [1.54, 1.807) is 12.1 Å². The molecule has 0 aliphatic rings. The van der Waals surface area contributed by atoms with Crippen LogP contribution in [0, 0.1) is 5.82 Å². The van der Waals surface area contributed by atoms with Gasteiger partial charge in [-0.15, -0.1) is 0 Å². The molecule has 19 heavy (non-hydrogen) atoms. The number of benzene rings is 1. The molecular weight excluding hydrogens is 261 g/mol. The predicted molar refractivity (Wildman–Crippen MR) is 81.3 cm³/mol. The van der Waals surface area contributed by atoms with Crippen molar-refractivity contribution in [2.45, 2.75) is 58.4 Å². The van der Waals surface area contributed by atoms with Gasteiger partial charge in [0.1, 0.15) is 5.82 Å². The van der Waals surface area contributed by atoms with Crippen LogP contribution in [0.15, 0.2) is 18.2 Å². The average molecular weight is 286 g/mol. The Bertz CT molecular complexity index is 368. The number of likely N-dealkylation sites (N-methyl/N-ethyl adjacent to an activating group) is 1. The number of unbranched alkanes of at least 4 members (excludes halogenated alkanes) is 3. The second-order valence-corrected chi connectivity index (χ2v) is 5.46. The Kier molecular flexibility index (Phi) is 8.08. The topological polar surface area (TPSA) is 12.0 Å². The summed E-state index contributed by atoms with van der Waals surface area (Å²) in [6.07, 6.45) is 7.10. The SMILES string of the molecule is CCCCCCC(Cc1ccc(Cl)c(F)c1)NCC. The van der Waals surface area contributed by atoms with Crippen LogP contribution in [0.3, 0.4) is 0 Å². The summed E-state index contributed by atoms with van der Waals surface area (Å²) in [5.41, 5.74) is 1.02. The van der Waals surface area contributed by atoms with E-state index in [9.17, 15) is 4.39 Å². The van der Waals surface area contributed by atoms with Crippen molar-refractivity contribution in [1.82, 2.24) is 5.32 Å². The monoisotopic (exact) mass is 285 g/mol. The molecule has 0 saturated heterocycles. The Morgan fingerprint density at radius 2 is 2.00 bits per heavy atom. The van der Waals surface area contributed by atoms with Gasteiger partial charge in [0.25, 0.3) is 0 Å². The molecule has 0 saturated carbocycles. The summed E-state index contributed by atoms with van der Waals surface area (Å²) >= 11 is 5.71. The molecule has 0 fully saturated rings. The smallest absolute Gasteiger partial charge is 0.142 e. The molecule has 1 nitrogen and oxygen atoms in total. The molecule has 0 spiro atoms. The standard InChI is InChI=1S/C16H25ClFN/c1-3-5-6-7-8-14(19-4-2)11-13-9-10-15(17)16(18)12-13/h9-10,12,14,19H,3-8,11H2,1-2H3. The van der Waals surface area contributed by atoms with Gasteiger partial charge in [-0.1, -0.05) is 57.2 Å². The minimum Gasteiger partial charge on any atom is -0.314 e. The lowest BCUT2D eigenvalue weighted by Crippen LogP contribution is -2.30. The van der Waals surface area contributed by atoms with E-state index >= 15 is 0 Å². The highest BCUT2D eigenvalue weighted by Gasteiger charge is 2.09. The van der Waals surface area contributed by atoms with Crippen molar-refractivity contribution in [3.05, 3.63) is 34.6 Å². The number of nitrogens with one attached hydrogen (secondary N) is 1. The van der Waals surface area contributed by atoms with Crippen LogP contribution in [-0.2, 0) is 6.42 Å². The average Bonchev–Trinajstić information content (AvgIpc) is 2.39. The van der Waals surface area contributed by atoms with Gasteiger partial charge < -0.3 is 5.32 Å². The van der Waals surface area contributed by atoms with E-state index in [0.717, 1.165) is 24.9 Å². The molecule has 0 amide bonds. The second kappa shape index (κ2) is 9.33. The molecule has 0 aliphatic heterocycles. The van der Waals surface area contributed by atoms with Gasteiger partial charge in [0, 0.05) is 6.04 Å². The van der Waals surface area contributed by atoms with Crippen molar-refractivity contribution < 1.29 is 4.39 Å². The molecule has 0 aliphatic carbocycles. The summed E-state index contributed by atoms with van der Waals surface area (Å²) < 4.78 is 13.4. The van der Waals surface area contributed by atoms with Crippen molar-refractivity contribution in [3.63, 3.8) is 0 Å². The zero-order chi connectivity index (χ0) is 14.1. The van der Waals surface area contributed by atoms with Gasteiger partial charge in [-0.25, -0.2) is 4.39 Å². The van der Waals surface area contributed by atoms with Crippen LogP contribution in [0.2, 0.25) is 5.02 Å². The first-order valence-corrected chi connectivity index (χ1v) is 7.72. The quantitative estimate of drug-likeness (QED) is 0.632. The van der Waals surface area contributed by atoms with Crippen molar-refractivity contribution in [2.75, 3.05) is 6.54 Å². The third kappa shape index (κ3) is 6.40. The summed E-state index contributed by atoms with van der Waals surface area (Å²) in [5, 5.41) is 3.69. The van der Waals surface area contributed by atoms with Crippen LogP contribution in [-0.4, -0.2) is 12.6 Å². The van der Waals surface area contributed by atoms with Crippen molar-refractivity contribution in [1.29, 1.82) is 0 Å². The molecule has 1 unspecified atom stereocenters. The first-order valence-electron chi connectivity index (χ1n) is 7.34. The fourth-order valence-corrected chi connectivity index (χ4v) is 2.45. The maximum Gasteiger partial charge on any atom is 0.142 e. The molecule has 0 radical (unpaired) electrons. The van der Waals surface area contributed by atoms with E-state index in [1.807, 2.05) is 6.07 Å². The second-order valence-electron chi connectivity index (χ2n) is 5.06. The van der Waals surface area contributed by atoms with Crippen LogP contribution in [0.25, 0.3) is 0 Å². The van der Waals surface area contributed by atoms with Crippen LogP contribution < -0.4 is 5.32 Å². The van der Waals surface area contributed by atoms with Crippen LogP contribution in [0.5, 0.6) is 0 Å². The van der Waals surface area contributed by atoms with Crippen LogP contribution in [0.1, 0.15) is 51.5 Å². The minimum atomic E-state index is -0.319. The van der Waals surface area contributed by atoms with Gasteiger partial charge in [-0.05, 0) is 37.1 Å². The minimum absolute atomic E-state index is 0.201. The lowest BCUT2D eigenvalue weighted by molar-refractivity contribution is 0.462. The van der Waals surface area contributed by atoms with Gasteiger partial charge in [-0.3, -0.25) is 0 Å². The first kappa shape index (κ1) is 16.5. The maximum absolute atomic E-state index is 13.4. The fourth-order valence-electron chi connectivity index (χ4n) is 2.33. The summed E-state index contributed by atoms with van der Waals surface area (Å²) in [4.78, 5) is 0. The Morgan fingerprint density at radius 1 is 1.21 bits per heavy atom. The maximum atomic E-state index is 13.4. The molecule has 3 heteroatoms. The van der Waals surface area contributed by atoms with Crippen molar-refractivity contribution in [3.8, 4) is 0 Å². The highest BCUT2D eigenvalue weighted by Crippen LogP contribution is 2.18. The highest BCUT2D eigenvalue weighted by molar-refractivity contribution is 6.30. The zero-order valence-corrected chi connectivity index (χ0v) is 12.8. The molecule has 1 rings (SSSR count). The van der Waals surface area contributed by atoms with E-state index in [2.05, 4.69) is 19.2 Å². The summed E-state index contributed by atoms with van der Waals surface area (Å²) in [5.74, 6) is -0.319. The molecule has 1 aromatic carbocycles. The fraction of sp³-hybridized carbons (Fsp3) is 0.625. The van der Waals surface area contributed by atoms with Crippen molar-refractivity contribution >= 4 is 11.6 Å². The van der Waals surface area contributed by atoms with Crippen molar-refractivity contribution in [2.24, 2.45) is 0 Å². The number of rotatable bonds is 9. The molecule has 0 bridgehead atoms. The Labute approximate surface area is 121 Å². The Morgan fingerprint density at radius 3 is 2.63 bits per heavy atom. The van der Waals surface area contributed by atoms with E-state index in [-0.39, 0.29) is 10.8 Å². The molecule has 1 atom stereocenters. The summed E-state index contributed by atoms with van der Waals surface area (Å²) in [6.45, 7) is 5.29. The Hall–Kier alpha value is -0.600. The molecule has 1 aromatic rings. The molecule has 0 heterocycles. The molecular formula is C16H25ClFN. The Balaban J connectivity index is 2.49. The van der Waals surface area contributed by atoms with Gasteiger partial charge in [0.15, 0.2) is 0 Å². The van der Waals surface area contributed by atoms with E-state index in [4.69, 9.17) is 11.6 Å². The third-order valence-corrected chi connectivity index (χ3v) is 3.67. The van der Waals surface area contributed by atoms with Crippen LogP contribution in [0.4, 0.5) is 4.39 Å². The zero-order valence-electron chi connectivity index (χ0n) is 12.0. The largest absolute Gasteiger partial charge is 0.314 e. The number of halogens is 2. The molecule has 1 N–H and O–H groups in total. The number of hydrogen-bond acceptors (Lipinski definition) is 1. The third-order valence-electron chi connectivity index (χ3n) is 3.37. The van der Waals surface area contributed by atoms with E-state index in [0.29, 0.717) is 6.04 Å². The molecule has 108 valence electrons. The lowest BCUT2D eigenvalue weighted by atomic mass is 10.00. The van der Waals surface area contributed by atoms with E-state index < -0.39 is 0 Å². The van der Waals surface area contributed by atoms with E-state index in [1.165, 1.54) is 25.7 Å². The van der Waals surface area contributed by atoms with Gasteiger partial charge >= 0.3 is 0 Å². The predicted octanol–water partition coefficient (Wildman–Crippen LogP) is 4.97.